The smallest absolute Gasteiger partial charge is 0.156 e. The fourth-order valence-electron chi connectivity index (χ4n) is 3.01. The number of rotatable bonds is 4. The Morgan fingerprint density at radius 3 is 2.62 bits per heavy atom. The molecule has 2 aromatic heterocycles. The SMILES string of the molecule is Cc1cccc(COc2cccc3ccc(-n4nc(C)cc4N)nc23)c1. The molecule has 0 bridgehead atoms. The topological polar surface area (TPSA) is 66.0 Å². The minimum Gasteiger partial charge on any atom is -0.487 e. The van der Waals surface area contributed by atoms with Crippen LogP contribution in [0.5, 0.6) is 5.75 Å². The predicted octanol–water partition coefficient (Wildman–Crippen LogP) is 4.20. The van der Waals surface area contributed by atoms with Crippen molar-refractivity contribution in [2.75, 3.05) is 5.73 Å². The monoisotopic (exact) mass is 344 g/mol. The fraction of sp³-hybridized carbons (Fsp3) is 0.143. The molecule has 0 aliphatic heterocycles. The molecule has 0 aliphatic carbocycles. The molecule has 5 heteroatoms. The summed E-state index contributed by atoms with van der Waals surface area (Å²) in [5.74, 6) is 1.98. The second-order valence-corrected chi connectivity index (χ2v) is 6.40. The fourth-order valence-corrected chi connectivity index (χ4v) is 3.01. The van der Waals surface area contributed by atoms with E-state index in [0.29, 0.717) is 18.2 Å². The molecule has 0 amide bonds. The van der Waals surface area contributed by atoms with Crippen LogP contribution in [0.2, 0.25) is 0 Å². The first-order valence-corrected chi connectivity index (χ1v) is 8.51. The van der Waals surface area contributed by atoms with E-state index in [9.17, 15) is 0 Å². The highest BCUT2D eigenvalue weighted by molar-refractivity contribution is 5.85. The number of para-hydroxylation sites is 1. The second-order valence-electron chi connectivity index (χ2n) is 6.40. The van der Waals surface area contributed by atoms with Gasteiger partial charge >= 0.3 is 0 Å². The van der Waals surface area contributed by atoms with Crippen molar-refractivity contribution in [1.82, 2.24) is 14.8 Å². The van der Waals surface area contributed by atoms with Crippen LogP contribution in [-0.2, 0) is 6.61 Å². The van der Waals surface area contributed by atoms with Crippen LogP contribution in [0.1, 0.15) is 16.8 Å². The zero-order chi connectivity index (χ0) is 18.1. The van der Waals surface area contributed by atoms with E-state index in [4.69, 9.17) is 15.5 Å². The molecular formula is C21H20N4O. The number of hydrogen-bond acceptors (Lipinski definition) is 4. The molecule has 4 aromatic rings. The number of benzene rings is 2. The summed E-state index contributed by atoms with van der Waals surface area (Å²) in [4.78, 5) is 4.74. The van der Waals surface area contributed by atoms with Crippen molar-refractivity contribution in [3.05, 3.63) is 77.5 Å². The van der Waals surface area contributed by atoms with E-state index in [-0.39, 0.29) is 0 Å². The predicted molar refractivity (Wildman–Crippen MR) is 104 cm³/mol. The molecule has 2 heterocycles. The molecule has 4 rings (SSSR count). The van der Waals surface area contributed by atoms with Gasteiger partial charge in [0.15, 0.2) is 5.82 Å². The second kappa shape index (κ2) is 6.52. The van der Waals surface area contributed by atoms with E-state index < -0.39 is 0 Å². The van der Waals surface area contributed by atoms with Crippen LogP contribution in [0.4, 0.5) is 5.82 Å². The number of anilines is 1. The summed E-state index contributed by atoms with van der Waals surface area (Å²) in [6.07, 6.45) is 0. The number of pyridine rings is 1. The average Bonchev–Trinajstić information content (AvgIpc) is 2.98. The van der Waals surface area contributed by atoms with Crippen molar-refractivity contribution in [2.45, 2.75) is 20.5 Å². The Balaban J connectivity index is 1.70. The molecule has 130 valence electrons. The summed E-state index contributed by atoms with van der Waals surface area (Å²) in [7, 11) is 0. The van der Waals surface area contributed by atoms with Gasteiger partial charge < -0.3 is 10.5 Å². The van der Waals surface area contributed by atoms with Crippen molar-refractivity contribution >= 4 is 16.7 Å². The Kier molecular flexibility index (Phi) is 4.05. The molecular weight excluding hydrogens is 324 g/mol. The molecule has 0 fully saturated rings. The maximum Gasteiger partial charge on any atom is 0.156 e. The van der Waals surface area contributed by atoms with Gasteiger partial charge in [-0.1, -0.05) is 42.0 Å². The Morgan fingerprint density at radius 2 is 1.85 bits per heavy atom. The maximum atomic E-state index is 6.06. The first-order chi connectivity index (χ1) is 12.6. The molecule has 2 N–H and O–H groups in total. The van der Waals surface area contributed by atoms with Crippen molar-refractivity contribution in [2.24, 2.45) is 0 Å². The van der Waals surface area contributed by atoms with Gasteiger partial charge in [-0.15, -0.1) is 0 Å². The lowest BCUT2D eigenvalue weighted by Gasteiger charge is -2.11. The molecule has 0 radical (unpaired) electrons. The number of nitrogen functional groups attached to an aromatic ring is 1. The lowest BCUT2D eigenvalue weighted by molar-refractivity contribution is 0.309. The number of aromatic nitrogens is 3. The van der Waals surface area contributed by atoms with Gasteiger partial charge in [0.1, 0.15) is 23.7 Å². The van der Waals surface area contributed by atoms with Gasteiger partial charge in [-0.25, -0.2) is 4.98 Å². The van der Waals surface area contributed by atoms with Crippen molar-refractivity contribution < 1.29 is 4.74 Å². The molecule has 2 aromatic carbocycles. The Hall–Kier alpha value is -3.34. The largest absolute Gasteiger partial charge is 0.487 e. The number of ether oxygens (including phenoxy) is 1. The van der Waals surface area contributed by atoms with Crippen LogP contribution in [-0.4, -0.2) is 14.8 Å². The summed E-state index contributed by atoms with van der Waals surface area (Å²) in [5.41, 5.74) is 10.0. The summed E-state index contributed by atoms with van der Waals surface area (Å²) < 4.78 is 7.71. The zero-order valence-corrected chi connectivity index (χ0v) is 14.8. The molecule has 0 atom stereocenters. The van der Waals surface area contributed by atoms with Crippen molar-refractivity contribution in [3.8, 4) is 11.6 Å². The van der Waals surface area contributed by atoms with E-state index in [1.54, 1.807) is 4.68 Å². The quantitative estimate of drug-likeness (QED) is 0.602. The van der Waals surface area contributed by atoms with E-state index in [1.807, 2.05) is 49.4 Å². The minimum absolute atomic E-state index is 0.496. The minimum atomic E-state index is 0.496. The van der Waals surface area contributed by atoms with Gasteiger partial charge in [-0.2, -0.15) is 9.78 Å². The van der Waals surface area contributed by atoms with Gasteiger partial charge in [0.25, 0.3) is 0 Å². The molecule has 26 heavy (non-hydrogen) atoms. The first-order valence-electron chi connectivity index (χ1n) is 8.51. The number of hydrogen-bond donors (Lipinski definition) is 1. The molecule has 0 aliphatic rings. The molecule has 0 saturated heterocycles. The lowest BCUT2D eigenvalue weighted by Crippen LogP contribution is -2.04. The van der Waals surface area contributed by atoms with E-state index in [1.165, 1.54) is 5.56 Å². The van der Waals surface area contributed by atoms with Crippen molar-refractivity contribution in [3.63, 3.8) is 0 Å². The van der Waals surface area contributed by atoms with Crippen molar-refractivity contribution in [1.29, 1.82) is 0 Å². The van der Waals surface area contributed by atoms with Gasteiger partial charge in [0, 0.05) is 11.5 Å². The zero-order valence-electron chi connectivity index (χ0n) is 14.8. The van der Waals surface area contributed by atoms with Gasteiger partial charge in [0.05, 0.1) is 5.69 Å². The summed E-state index contributed by atoms with van der Waals surface area (Å²) >= 11 is 0. The van der Waals surface area contributed by atoms with Crippen LogP contribution in [0.15, 0.2) is 60.7 Å². The number of fused-ring (bicyclic) bond motifs is 1. The third kappa shape index (κ3) is 3.11. The van der Waals surface area contributed by atoms with E-state index in [0.717, 1.165) is 27.9 Å². The van der Waals surface area contributed by atoms with E-state index in [2.05, 4.69) is 30.2 Å². The van der Waals surface area contributed by atoms with Crippen LogP contribution in [0, 0.1) is 13.8 Å². The van der Waals surface area contributed by atoms with Crippen LogP contribution in [0.25, 0.3) is 16.7 Å². The number of nitrogens with two attached hydrogens (primary N) is 1. The van der Waals surface area contributed by atoms with Crippen LogP contribution in [0.3, 0.4) is 0 Å². The Labute approximate surface area is 152 Å². The molecule has 0 unspecified atom stereocenters. The van der Waals surface area contributed by atoms with Crippen LogP contribution >= 0.6 is 0 Å². The van der Waals surface area contributed by atoms with Gasteiger partial charge in [0.2, 0.25) is 0 Å². The number of aryl methyl sites for hydroxylation is 2. The standard InChI is InChI=1S/C21H20N4O/c1-14-5-3-6-16(11-14)13-26-18-8-4-7-17-9-10-20(23-21(17)18)25-19(22)12-15(2)24-25/h3-12H,13,22H2,1-2H3. The molecule has 0 spiro atoms. The highest BCUT2D eigenvalue weighted by Crippen LogP contribution is 2.26. The van der Waals surface area contributed by atoms with E-state index >= 15 is 0 Å². The molecule has 5 nitrogen and oxygen atoms in total. The lowest BCUT2D eigenvalue weighted by atomic mass is 10.1. The summed E-state index contributed by atoms with van der Waals surface area (Å²) in [5, 5.41) is 5.42. The third-order valence-electron chi connectivity index (χ3n) is 4.22. The summed E-state index contributed by atoms with van der Waals surface area (Å²) in [6, 6.07) is 20.0. The van der Waals surface area contributed by atoms with Gasteiger partial charge in [-0.3, -0.25) is 0 Å². The number of nitrogens with zero attached hydrogens (tertiary/aromatic N) is 3. The summed E-state index contributed by atoms with van der Waals surface area (Å²) in [6.45, 7) is 4.48. The van der Waals surface area contributed by atoms with Gasteiger partial charge in [-0.05, 0) is 37.6 Å². The average molecular weight is 344 g/mol. The highest BCUT2D eigenvalue weighted by Gasteiger charge is 2.10. The third-order valence-corrected chi connectivity index (χ3v) is 4.22. The van der Waals surface area contributed by atoms with Crippen LogP contribution < -0.4 is 10.5 Å². The Bertz CT molecular complexity index is 1080. The first kappa shape index (κ1) is 16.1. The maximum absolute atomic E-state index is 6.06. The highest BCUT2D eigenvalue weighted by atomic mass is 16.5. The molecule has 0 saturated carbocycles. The Morgan fingerprint density at radius 1 is 1.00 bits per heavy atom. The normalized spacial score (nSPS) is 11.0.